The van der Waals surface area contributed by atoms with Gasteiger partial charge in [-0.15, -0.1) is 0 Å². The van der Waals surface area contributed by atoms with Crippen LogP contribution in [0.3, 0.4) is 0 Å². The van der Waals surface area contributed by atoms with Crippen LogP contribution < -0.4 is 5.32 Å². The summed E-state index contributed by atoms with van der Waals surface area (Å²) in [6, 6.07) is 4.11. The van der Waals surface area contributed by atoms with Gasteiger partial charge in [-0.3, -0.25) is 4.79 Å². The van der Waals surface area contributed by atoms with Crippen LogP contribution >= 0.6 is 15.9 Å². The number of anilines is 1. The SMILES string of the molecule is CC1Nc2ccc(Br)cc2S(=O)(=O)C1=O. The predicted octanol–water partition coefficient (Wildman–Crippen LogP) is 1.56. The molecule has 1 unspecified atom stereocenters. The highest BCUT2D eigenvalue weighted by molar-refractivity contribution is 9.10. The van der Waals surface area contributed by atoms with E-state index < -0.39 is 21.0 Å². The van der Waals surface area contributed by atoms with Crippen LogP contribution in [-0.2, 0) is 14.6 Å². The topological polar surface area (TPSA) is 63.2 Å². The van der Waals surface area contributed by atoms with Gasteiger partial charge in [0.2, 0.25) is 9.84 Å². The maximum Gasteiger partial charge on any atom is 0.272 e. The van der Waals surface area contributed by atoms with Crippen LogP contribution in [0.1, 0.15) is 6.92 Å². The zero-order chi connectivity index (χ0) is 11.2. The number of rotatable bonds is 0. The molecule has 0 spiro atoms. The number of halogens is 1. The van der Waals surface area contributed by atoms with Crippen molar-refractivity contribution in [2.45, 2.75) is 17.9 Å². The molecule has 0 aliphatic carbocycles. The predicted molar refractivity (Wildman–Crippen MR) is 59.4 cm³/mol. The molecule has 1 heterocycles. The molecule has 0 saturated heterocycles. The van der Waals surface area contributed by atoms with E-state index in [9.17, 15) is 13.2 Å². The normalized spacial score (nSPS) is 23.1. The second-order valence-electron chi connectivity index (χ2n) is 3.33. The highest BCUT2D eigenvalue weighted by Gasteiger charge is 2.36. The van der Waals surface area contributed by atoms with Gasteiger partial charge in [-0.05, 0) is 25.1 Å². The molecular formula is C9H8BrNO3S. The number of carbonyl (C=O) groups excluding carboxylic acids is 1. The van der Waals surface area contributed by atoms with Gasteiger partial charge < -0.3 is 5.32 Å². The summed E-state index contributed by atoms with van der Waals surface area (Å²) in [6.45, 7) is 1.53. The summed E-state index contributed by atoms with van der Waals surface area (Å²) in [6.07, 6.45) is 0. The summed E-state index contributed by atoms with van der Waals surface area (Å²) in [5.41, 5.74) is 0.477. The van der Waals surface area contributed by atoms with Crippen molar-refractivity contribution in [3.05, 3.63) is 22.7 Å². The molecule has 1 N–H and O–H groups in total. The Kier molecular flexibility index (Phi) is 2.35. The van der Waals surface area contributed by atoms with Crippen molar-refractivity contribution < 1.29 is 13.2 Å². The Balaban J connectivity index is 2.74. The molecular weight excluding hydrogens is 282 g/mol. The molecule has 4 nitrogen and oxygen atoms in total. The van der Waals surface area contributed by atoms with E-state index in [4.69, 9.17) is 0 Å². The maximum atomic E-state index is 11.8. The molecule has 1 aliphatic rings. The molecule has 0 bridgehead atoms. The van der Waals surface area contributed by atoms with Gasteiger partial charge in [-0.1, -0.05) is 15.9 Å². The lowest BCUT2D eigenvalue weighted by molar-refractivity contribution is -0.112. The van der Waals surface area contributed by atoms with E-state index in [-0.39, 0.29) is 4.90 Å². The molecule has 2 rings (SSSR count). The summed E-state index contributed by atoms with van der Waals surface area (Å²) in [5.74, 6) is 0. The van der Waals surface area contributed by atoms with Crippen molar-refractivity contribution in [2.24, 2.45) is 0 Å². The van der Waals surface area contributed by atoms with E-state index in [2.05, 4.69) is 21.2 Å². The van der Waals surface area contributed by atoms with Gasteiger partial charge in [-0.25, -0.2) is 8.42 Å². The van der Waals surface area contributed by atoms with Crippen molar-refractivity contribution in [3.63, 3.8) is 0 Å². The number of carbonyl (C=O) groups is 1. The summed E-state index contributed by atoms with van der Waals surface area (Å²) in [5, 5.41) is 2.06. The minimum atomic E-state index is -3.82. The first-order chi connectivity index (χ1) is 6.93. The minimum absolute atomic E-state index is 0.0416. The first kappa shape index (κ1) is 10.6. The lowest BCUT2D eigenvalue weighted by atomic mass is 10.2. The van der Waals surface area contributed by atoms with Crippen molar-refractivity contribution in [3.8, 4) is 0 Å². The molecule has 0 radical (unpaired) electrons. The van der Waals surface area contributed by atoms with E-state index in [1.54, 1.807) is 12.1 Å². The van der Waals surface area contributed by atoms with Crippen LogP contribution in [0.2, 0.25) is 0 Å². The summed E-state index contributed by atoms with van der Waals surface area (Å²) in [4.78, 5) is 11.5. The Morgan fingerprint density at radius 2 is 2.07 bits per heavy atom. The Morgan fingerprint density at radius 3 is 2.73 bits per heavy atom. The third-order valence-electron chi connectivity index (χ3n) is 2.22. The fourth-order valence-electron chi connectivity index (χ4n) is 1.47. The zero-order valence-electron chi connectivity index (χ0n) is 7.82. The van der Waals surface area contributed by atoms with Crippen molar-refractivity contribution in [2.75, 3.05) is 5.32 Å². The number of sulfone groups is 1. The fraction of sp³-hybridized carbons (Fsp3) is 0.222. The maximum absolute atomic E-state index is 11.8. The van der Waals surface area contributed by atoms with Gasteiger partial charge in [-0.2, -0.15) is 0 Å². The van der Waals surface area contributed by atoms with Crippen molar-refractivity contribution in [1.82, 2.24) is 0 Å². The molecule has 15 heavy (non-hydrogen) atoms. The summed E-state index contributed by atoms with van der Waals surface area (Å²) >= 11 is 3.17. The monoisotopic (exact) mass is 289 g/mol. The quantitative estimate of drug-likeness (QED) is 0.787. The highest BCUT2D eigenvalue weighted by atomic mass is 79.9. The molecule has 0 aromatic heterocycles. The molecule has 0 saturated carbocycles. The van der Waals surface area contributed by atoms with Gasteiger partial charge in [0.15, 0.2) is 0 Å². The van der Waals surface area contributed by atoms with Gasteiger partial charge in [0.25, 0.3) is 5.12 Å². The summed E-state index contributed by atoms with van der Waals surface area (Å²) in [7, 11) is -3.82. The average Bonchev–Trinajstić information content (AvgIpc) is 2.17. The second kappa shape index (κ2) is 3.31. The molecule has 1 aromatic rings. The zero-order valence-corrected chi connectivity index (χ0v) is 10.2. The van der Waals surface area contributed by atoms with Gasteiger partial charge in [0, 0.05) is 4.47 Å². The van der Waals surface area contributed by atoms with Gasteiger partial charge in [0.1, 0.15) is 0 Å². The van der Waals surface area contributed by atoms with Crippen LogP contribution in [0.25, 0.3) is 0 Å². The van der Waals surface area contributed by atoms with Gasteiger partial charge >= 0.3 is 0 Å². The highest BCUT2D eigenvalue weighted by Crippen LogP contribution is 2.31. The average molecular weight is 290 g/mol. The smallest absolute Gasteiger partial charge is 0.272 e. The Bertz CT molecular complexity index is 538. The van der Waals surface area contributed by atoms with Crippen LogP contribution in [0, 0.1) is 0 Å². The third kappa shape index (κ3) is 1.57. The van der Waals surface area contributed by atoms with Gasteiger partial charge in [0.05, 0.1) is 16.6 Å². The number of benzene rings is 1. The number of hydrogen-bond donors (Lipinski definition) is 1. The summed E-state index contributed by atoms with van der Waals surface area (Å²) < 4.78 is 24.1. The Labute approximate surface area is 95.7 Å². The number of hydrogen-bond acceptors (Lipinski definition) is 4. The Morgan fingerprint density at radius 1 is 1.40 bits per heavy atom. The first-order valence-corrected chi connectivity index (χ1v) is 6.55. The lowest BCUT2D eigenvalue weighted by Gasteiger charge is -2.22. The van der Waals surface area contributed by atoms with E-state index in [0.717, 1.165) is 0 Å². The minimum Gasteiger partial charge on any atom is -0.373 e. The van der Waals surface area contributed by atoms with Crippen LogP contribution in [0.4, 0.5) is 5.69 Å². The largest absolute Gasteiger partial charge is 0.373 e. The first-order valence-electron chi connectivity index (χ1n) is 4.28. The van der Waals surface area contributed by atoms with E-state index in [0.29, 0.717) is 10.2 Å². The fourth-order valence-corrected chi connectivity index (χ4v) is 3.42. The van der Waals surface area contributed by atoms with E-state index >= 15 is 0 Å². The number of fused-ring (bicyclic) bond motifs is 1. The second-order valence-corrected chi connectivity index (χ2v) is 6.09. The van der Waals surface area contributed by atoms with E-state index in [1.165, 1.54) is 13.0 Å². The molecule has 80 valence electrons. The van der Waals surface area contributed by atoms with Crippen LogP contribution in [-0.4, -0.2) is 19.6 Å². The molecule has 0 amide bonds. The standard InChI is InChI=1S/C9H8BrNO3S/c1-5-9(12)15(13,14)8-4-6(10)2-3-7(8)11-5/h2-5,11H,1H3. The molecule has 0 fully saturated rings. The third-order valence-corrected chi connectivity index (χ3v) is 4.52. The Hall–Kier alpha value is -0.880. The molecule has 6 heteroatoms. The van der Waals surface area contributed by atoms with Crippen LogP contribution in [0.15, 0.2) is 27.6 Å². The van der Waals surface area contributed by atoms with Crippen LogP contribution in [0.5, 0.6) is 0 Å². The van der Waals surface area contributed by atoms with Crippen molar-refractivity contribution >= 4 is 36.6 Å². The van der Waals surface area contributed by atoms with E-state index in [1.807, 2.05) is 0 Å². The lowest BCUT2D eigenvalue weighted by Crippen LogP contribution is -2.37. The number of nitrogens with one attached hydrogen (secondary N) is 1. The molecule has 1 aromatic carbocycles. The molecule has 1 aliphatic heterocycles. The van der Waals surface area contributed by atoms with Crippen molar-refractivity contribution in [1.29, 1.82) is 0 Å². The molecule has 1 atom stereocenters.